The number of amides is 1. The monoisotopic (exact) mass is 230 g/mol. The van der Waals surface area contributed by atoms with E-state index in [2.05, 4.69) is 0 Å². The SMILES string of the molecule is N#CCOc1ccc2c(c1)c(N)cn2C(N)=O. The summed E-state index contributed by atoms with van der Waals surface area (Å²) in [5.41, 5.74) is 12.0. The number of aromatic nitrogens is 1. The molecule has 0 atom stereocenters. The second-order valence-electron chi connectivity index (χ2n) is 3.42. The van der Waals surface area contributed by atoms with E-state index in [4.69, 9.17) is 21.5 Å². The molecule has 1 heterocycles. The van der Waals surface area contributed by atoms with Crippen molar-refractivity contribution in [1.82, 2.24) is 4.57 Å². The highest BCUT2D eigenvalue weighted by Crippen LogP contribution is 2.27. The van der Waals surface area contributed by atoms with E-state index < -0.39 is 6.03 Å². The van der Waals surface area contributed by atoms with Crippen LogP contribution in [0.15, 0.2) is 24.4 Å². The van der Waals surface area contributed by atoms with Crippen LogP contribution in [0.5, 0.6) is 5.75 Å². The number of nitrogens with two attached hydrogens (primary N) is 2. The lowest BCUT2D eigenvalue weighted by Gasteiger charge is -2.02. The van der Waals surface area contributed by atoms with Crippen molar-refractivity contribution in [2.24, 2.45) is 5.73 Å². The fraction of sp³-hybridized carbons (Fsp3) is 0.0909. The van der Waals surface area contributed by atoms with Crippen LogP contribution in [0, 0.1) is 11.3 Å². The topological polar surface area (TPSA) is 107 Å². The van der Waals surface area contributed by atoms with Crippen molar-refractivity contribution in [3.05, 3.63) is 24.4 Å². The Kier molecular flexibility index (Phi) is 2.58. The minimum atomic E-state index is -0.600. The highest BCUT2D eigenvalue weighted by molar-refractivity contribution is 5.99. The van der Waals surface area contributed by atoms with E-state index in [1.807, 2.05) is 6.07 Å². The van der Waals surface area contributed by atoms with Crippen molar-refractivity contribution < 1.29 is 9.53 Å². The van der Waals surface area contributed by atoms with Crippen molar-refractivity contribution in [3.63, 3.8) is 0 Å². The number of nitriles is 1. The Morgan fingerprint density at radius 2 is 2.29 bits per heavy atom. The average molecular weight is 230 g/mol. The Bertz CT molecular complexity index is 624. The summed E-state index contributed by atoms with van der Waals surface area (Å²) in [6.07, 6.45) is 1.46. The molecule has 6 nitrogen and oxygen atoms in total. The Hall–Kier alpha value is -2.68. The molecule has 0 unspecified atom stereocenters. The van der Waals surface area contributed by atoms with Crippen LogP contribution in [0.25, 0.3) is 10.9 Å². The van der Waals surface area contributed by atoms with Crippen LogP contribution < -0.4 is 16.2 Å². The fourth-order valence-corrected chi connectivity index (χ4v) is 1.62. The quantitative estimate of drug-likeness (QED) is 0.803. The van der Waals surface area contributed by atoms with Gasteiger partial charge in [0.05, 0.1) is 11.2 Å². The fourth-order valence-electron chi connectivity index (χ4n) is 1.62. The highest BCUT2D eigenvalue weighted by Gasteiger charge is 2.10. The molecule has 86 valence electrons. The summed E-state index contributed by atoms with van der Waals surface area (Å²) < 4.78 is 6.41. The first-order chi connectivity index (χ1) is 8.13. The third-order valence-corrected chi connectivity index (χ3v) is 2.35. The number of nitrogens with zero attached hydrogens (tertiary/aromatic N) is 2. The Morgan fingerprint density at radius 3 is 2.94 bits per heavy atom. The number of hydrogen-bond acceptors (Lipinski definition) is 4. The lowest BCUT2D eigenvalue weighted by Crippen LogP contribution is -2.18. The minimum absolute atomic E-state index is 0.0397. The van der Waals surface area contributed by atoms with Crippen molar-refractivity contribution >= 4 is 22.6 Å². The van der Waals surface area contributed by atoms with Gasteiger partial charge in [0.25, 0.3) is 0 Å². The number of fused-ring (bicyclic) bond motifs is 1. The van der Waals surface area contributed by atoms with Gasteiger partial charge in [-0.1, -0.05) is 0 Å². The molecular formula is C11H10N4O2. The van der Waals surface area contributed by atoms with Crippen LogP contribution in [0.1, 0.15) is 0 Å². The van der Waals surface area contributed by atoms with Gasteiger partial charge in [-0.05, 0) is 18.2 Å². The number of carbonyl (C=O) groups excluding carboxylic acids is 1. The first-order valence-electron chi connectivity index (χ1n) is 4.83. The lowest BCUT2D eigenvalue weighted by molar-refractivity contribution is 0.251. The Balaban J connectivity index is 2.52. The predicted molar refractivity (Wildman–Crippen MR) is 62.4 cm³/mol. The maximum absolute atomic E-state index is 11.1. The van der Waals surface area contributed by atoms with Crippen molar-refractivity contribution in [3.8, 4) is 11.8 Å². The van der Waals surface area contributed by atoms with E-state index in [-0.39, 0.29) is 6.61 Å². The number of hydrogen-bond donors (Lipinski definition) is 2. The molecule has 0 aliphatic rings. The number of primary amides is 1. The van der Waals surface area contributed by atoms with Crippen molar-refractivity contribution in [2.45, 2.75) is 0 Å². The van der Waals surface area contributed by atoms with Crippen LogP contribution in [0.4, 0.5) is 10.5 Å². The number of ether oxygens (including phenoxy) is 1. The molecule has 0 saturated carbocycles. The van der Waals surface area contributed by atoms with E-state index in [9.17, 15) is 4.79 Å². The average Bonchev–Trinajstić information content (AvgIpc) is 2.64. The van der Waals surface area contributed by atoms with Crippen LogP contribution in [-0.2, 0) is 0 Å². The van der Waals surface area contributed by atoms with Gasteiger partial charge in [0.1, 0.15) is 11.8 Å². The van der Waals surface area contributed by atoms with Crippen molar-refractivity contribution in [1.29, 1.82) is 5.26 Å². The molecule has 2 rings (SSSR count). The highest BCUT2D eigenvalue weighted by atomic mass is 16.5. The standard InChI is InChI=1S/C11H10N4O2/c12-3-4-17-7-1-2-10-8(5-7)9(13)6-15(10)11(14)16/h1-2,5-6H,4,13H2,(H2,14,16). The van der Waals surface area contributed by atoms with Gasteiger partial charge >= 0.3 is 6.03 Å². The van der Waals surface area contributed by atoms with Gasteiger partial charge in [-0.3, -0.25) is 4.57 Å². The molecule has 0 spiro atoms. The lowest BCUT2D eigenvalue weighted by atomic mass is 10.2. The minimum Gasteiger partial charge on any atom is -0.479 e. The van der Waals surface area contributed by atoms with E-state index >= 15 is 0 Å². The summed E-state index contributed by atoms with van der Waals surface area (Å²) in [5.74, 6) is 0.521. The Labute approximate surface area is 97.0 Å². The zero-order valence-corrected chi connectivity index (χ0v) is 8.88. The zero-order valence-electron chi connectivity index (χ0n) is 8.88. The molecule has 0 aliphatic carbocycles. The maximum Gasteiger partial charge on any atom is 0.323 e. The van der Waals surface area contributed by atoms with E-state index in [1.54, 1.807) is 18.2 Å². The molecule has 0 bridgehead atoms. The number of carbonyl (C=O) groups is 1. The second kappa shape index (κ2) is 4.06. The molecule has 0 radical (unpaired) electrons. The summed E-state index contributed by atoms with van der Waals surface area (Å²) in [5, 5.41) is 9.07. The molecule has 1 amide bonds. The predicted octanol–water partition coefficient (Wildman–Crippen LogP) is 1.05. The molecular weight excluding hydrogens is 220 g/mol. The molecule has 17 heavy (non-hydrogen) atoms. The second-order valence-corrected chi connectivity index (χ2v) is 3.42. The molecule has 2 aromatic rings. The van der Waals surface area contributed by atoms with Gasteiger partial charge in [0.2, 0.25) is 0 Å². The summed E-state index contributed by atoms with van der Waals surface area (Å²) in [7, 11) is 0. The third-order valence-electron chi connectivity index (χ3n) is 2.35. The first-order valence-corrected chi connectivity index (χ1v) is 4.83. The van der Waals surface area contributed by atoms with Gasteiger partial charge in [-0.25, -0.2) is 4.79 Å². The molecule has 0 aliphatic heterocycles. The van der Waals surface area contributed by atoms with Crippen LogP contribution in [0.3, 0.4) is 0 Å². The van der Waals surface area contributed by atoms with E-state index in [0.29, 0.717) is 22.3 Å². The normalized spacial score (nSPS) is 10.1. The molecule has 4 N–H and O–H groups in total. The summed E-state index contributed by atoms with van der Waals surface area (Å²) in [4.78, 5) is 11.1. The van der Waals surface area contributed by atoms with Gasteiger partial charge in [-0.2, -0.15) is 5.26 Å². The summed E-state index contributed by atoms with van der Waals surface area (Å²) in [6, 6.07) is 6.26. The molecule has 1 aromatic heterocycles. The maximum atomic E-state index is 11.1. The number of rotatable bonds is 2. The van der Waals surface area contributed by atoms with Gasteiger partial charge < -0.3 is 16.2 Å². The molecule has 6 heteroatoms. The van der Waals surface area contributed by atoms with Crippen molar-refractivity contribution in [2.75, 3.05) is 12.3 Å². The summed E-state index contributed by atoms with van der Waals surface area (Å²) >= 11 is 0. The van der Waals surface area contributed by atoms with Gasteiger partial charge in [0.15, 0.2) is 6.61 Å². The number of nitrogen functional groups attached to an aromatic ring is 1. The van der Waals surface area contributed by atoms with E-state index in [0.717, 1.165) is 0 Å². The third kappa shape index (κ3) is 1.86. The summed E-state index contributed by atoms with van der Waals surface area (Å²) in [6.45, 7) is -0.0397. The zero-order chi connectivity index (χ0) is 12.4. The largest absolute Gasteiger partial charge is 0.479 e. The number of anilines is 1. The van der Waals surface area contributed by atoms with Gasteiger partial charge in [0, 0.05) is 11.6 Å². The smallest absolute Gasteiger partial charge is 0.323 e. The Morgan fingerprint density at radius 1 is 1.53 bits per heavy atom. The van der Waals surface area contributed by atoms with Crippen LogP contribution >= 0.6 is 0 Å². The molecule has 0 saturated heterocycles. The van der Waals surface area contributed by atoms with Gasteiger partial charge in [-0.15, -0.1) is 0 Å². The van der Waals surface area contributed by atoms with E-state index in [1.165, 1.54) is 10.8 Å². The molecule has 0 fully saturated rings. The van der Waals surface area contributed by atoms with Crippen LogP contribution in [-0.4, -0.2) is 17.2 Å². The van der Waals surface area contributed by atoms with Crippen LogP contribution in [0.2, 0.25) is 0 Å². The first kappa shape index (κ1) is 10.8. The number of benzene rings is 1. The molecule has 1 aromatic carbocycles.